The number of alkyl halides is 3. The molecule has 0 radical (unpaired) electrons. The fourth-order valence-corrected chi connectivity index (χ4v) is 0. The van der Waals surface area contributed by atoms with Gasteiger partial charge in [0, 0.05) is 4.57 Å². The molecular weight excluding hydrogens is 192 g/mol. The molecule has 5 nitrogen and oxygen atoms in total. The lowest BCUT2D eigenvalue weighted by Crippen LogP contribution is -2.21. The number of carboxylic acid groups (broad SMARTS) is 1. The molecule has 0 aliphatic heterocycles. The van der Waals surface area contributed by atoms with Crippen molar-refractivity contribution in [1.29, 1.82) is 0 Å². The maximum atomic E-state index is 10.6. The largest absolute Gasteiger partial charge is 0.692 e. The van der Waals surface area contributed by atoms with Gasteiger partial charge in [-0.1, -0.05) is 0 Å². The van der Waals surface area contributed by atoms with Gasteiger partial charge in [-0.3, -0.25) is 0 Å². The maximum absolute atomic E-state index is 10.6. The van der Waals surface area contributed by atoms with Crippen LogP contribution < -0.4 is 0 Å². The van der Waals surface area contributed by atoms with E-state index in [0.717, 1.165) is 0 Å². The highest BCUT2D eigenvalue weighted by Gasteiger charge is 2.38. The third kappa shape index (κ3) is 17.6. The van der Waals surface area contributed by atoms with Gasteiger partial charge >= 0.3 is 20.4 Å². The summed E-state index contributed by atoms with van der Waals surface area (Å²) >= 11 is 0. The fraction of sp³-hybridized carbons (Fsp3) is 0.500. The molecule has 0 saturated carbocycles. The van der Waals surface area contributed by atoms with Crippen LogP contribution in [0.25, 0.3) is 0 Å². The molecule has 9 heteroatoms. The zero-order valence-electron chi connectivity index (χ0n) is 4.74. The number of aliphatic carboxylic acids is 1. The summed E-state index contributed by atoms with van der Waals surface area (Å²) in [4.78, 5) is 23.1. The third-order valence-electron chi connectivity index (χ3n) is 0.243. The Balaban J connectivity index is 0. The van der Waals surface area contributed by atoms with Crippen LogP contribution in [-0.2, 0) is 9.36 Å². The predicted molar refractivity (Wildman–Crippen MR) is 25.7 cm³/mol. The van der Waals surface area contributed by atoms with Gasteiger partial charge in [-0.25, -0.2) is 4.79 Å². The average Bonchev–Trinajstić information content (AvgIpc) is 1.59. The first-order chi connectivity index (χ1) is 4.68. The van der Waals surface area contributed by atoms with E-state index < -0.39 is 20.4 Å². The van der Waals surface area contributed by atoms with Crippen molar-refractivity contribution in [1.82, 2.24) is 0 Å². The van der Waals surface area contributed by atoms with E-state index in [1.165, 1.54) is 0 Å². The Morgan fingerprint density at radius 1 is 1.27 bits per heavy atom. The minimum absolute atomic E-state index is 2.76. The van der Waals surface area contributed by atoms with Crippen molar-refractivity contribution in [2.45, 2.75) is 6.18 Å². The summed E-state index contributed by atoms with van der Waals surface area (Å²) in [7, 11) is -2.87. The summed E-state index contributed by atoms with van der Waals surface area (Å²) < 4.78 is 40.4. The van der Waals surface area contributed by atoms with E-state index in [2.05, 4.69) is 0 Å². The molecule has 0 aliphatic carbocycles. The minimum Gasteiger partial charge on any atom is -0.475 e. The Morgan fingerprint density at radius 3 is 1.36 bits per heavy atom. The Hall–Kier alpha value is -0.720. The monoisotopic (exact) mass is 195 g/mol. The summed E-state index contributed by atoms with van der Waals surface area (Å²) in [5, 5.41) is 7.12. The molecule has 0 unspecified atom stereocenters. The van der Waals surface area contributed by atoms with E-state index in [1.54, 1.807) is 0 Å². The van der Waals surface area contributed by atoms with Crippen molar-refractivity contribution in [3.63, 3.8) is 0 Å². The predicted octanol–water partition coefficient (Wildman–Crippen LogP) is 0.262. The van der Waals surface area contributed by atoms with Gasteiger partial charge in [-0.05, 0) is 0 Å². The van der Waals surface area contributed by atoms with Crippen molar-refractivity contribution in [2.24, 2.45) is 0 Å². The first-order valence-corrected chi connectivity index (χ1v) is 2.99. The van der Waals surface area contributed by atoms with Crippen LogP contribution in [0.2, 0.25) is 0 Å². The molecule has 0 aromatic carbocycles. The molecule has 66 valence electrons. The van der Waals surface area contributed by atoms with Gasteiger partial charge in [0.05, 0.1) is 0 Å². The van der Waals surface area contributed by atoms with Gasteiger partial charge in [0.1, 0.15) is 0 Å². The summed E-state index contributed by atoms with van der Waals surface area (Å²) in [6.45, 7) is 0. The number of rotatable bonds is 0. The topological polar surface area (TPSA) is 94.8 Å². The molecule has 0 spiro atoms. The number of carboxylic acids is 1. The van der Waals surface area contributed by atoms with Crippen molar-refractivity contribution in [2.75, 3.05) is 0 Å². The van der Waals surface area contributed by atoms with Gasteiger partial charge in [-0.2, -0.15) is 13.2 Å². The highest BCUT2D eigenvalue weighted by molar-refractivity contribution is 7.30. The quantitative estimate of drug-likeness (QED) is 0.482. The van der Waals surface area contributed by atoms with Gasteiger partial charge in [0.2, 0.25) is 0 Å². The molecule has 0 amide bonds. The molecule has 0 rings (SSSR count). The Morgan fingerprint density at radius 2 is 1.36 bits per heavy atom. The molecule has 3 N–H and O–H groups in total. The van der Waals surface area contributed by atoms with Gasteiger partial charge in [0.15, 0.2) is 0 Å². The maximum Gasteiger partial charge on any atom is 0.692 e. The van der Waals surface area contributed by atoms with Crippen LogP contribution in [0.4, 0.5) is 13.2 Å². The normalized spacial score (nSPS) is 9.55. The summed E-state index contributed by atoms with van der Waals surface area (Å²) in [6, 6.07) is 0. The molecule has 0 bridgehead atoms. The van der Waals surface area contributed by atoms with E-state index in [1.807, 2.05) is 0 Å². The number of carbonyl (C=O) groups is 1. The van der Waals surface area contributed by atoms with Crippen LogP contribution in [0.3, 0.4) is 0 Å². The van der Waals surface area contributed by atoms with Crippen molar-refractivity contribution in [3.8, 4) is 0 Å². The number of halogens is 3. The summed E-state index contributed by atoms with van der Waals surface area (Å²) in [6.07, 6.45) is -5.08. The lowest BCUT2D eigenvalue weighted by Gasteiger charge is -1.93. The zero-order chi connectivity index (χ0) is 9.65. The molecule has 0 heterocycles. The van der Waals surface area contributed by atoms with Gasteiger partial charge in [0.25, 0.3) is 0 Å². The minimum atomic E-state index is -5.08. The van der Waals surface area contributed by atoms with Crippen LogP contribution in [0.5, 0.6) is 0 Å². The third-order valence-corrected chi connectivity index (χ3v) is 0.243. The SMILES string of the molecule is O=C(O)C(F)(F)F.O=[P+](O)O. The van der Waals surface area contributed by atoms with Crippen LogP contribution in [0.15, 0.2) is 0 Å². The molecule has 0 atom stereocenters. The molecular formula is C2H3F3O5P+. The van der Waals surface area contributed by atoms with Gasteiger partial charge in [-0.15, -0.1) is 9.79 Å². The second-order valence-electron chi connectivity index (χ2n) is 1.06. The standard InChI is InChI=1S/C2HF3O2.HO3P/c3-2(4,5)1(6)7;1-4(2)3/h(H,6,7);(H-,1,2,3)/p+1. The summed E-state index contributed by atoms with van der Waals surface area (Å²) in [5.41, 5.74) is 0. The van der Waals surface area contributed by atoms with E-state index in [-0.39, 0.29) is 0 Å². The average molecular weight is 195 g/mol. The Labute approximate surface area is 59.0 Å². The van der Waals surface area contributed by atoms with E-state index in [4.69, 9.17) is 24.3 Å². The van der Waals surface area contributed by atoms with E-state index in [9.17, 15) is 13.2 Å². The molecule has 0 aromatic heterocycles. The number of hydrogen-bond acceptors (Lipinski definition) is 2. The Kier molecular flexibility index (Phi) is 5.87. The molecule has 11 heavy (non-hydrogen) atoms. The van der Waals surface area contributed by atoms with Crippen LogP contribution in [0.1, 0.15) is 0 Å². The first-order valence-electron chi connectivity index (χ1n) is 1.83. The molecule has 0 aromatic rings. The fourth-order valence-electron chi connectivity index (χ4n) is 0. The van der Waals surface area contributed by atoms with Gasteiger partial charge < -0.3 is 5.11 Å². The van der Waals surface area contributed by atoms with Crippen LogP contribution >= 0.6 is 8.25 Å². The second kappa shape index (κ2) is 5.00. The van der Waals surface area contributed by atoms with Crippen molar-refractivity contribution >= 4 is 14.2 Å². The van der Waals surface area contributed by atoms with Crippen molar-refractivity contribution in [3.05, 3.63) is 0 Å². The lowest BCUT2D eigenvalue weighted by molar-refractivity contribution is -0.192. The first kappa shape index (κ1) is 12.9. The number of hydrogen-bond donors (Lipinski definition) is 3. The molecule has 0 saturated heterocycles. The lowest BCUT2D eigenvalue weighted by atomic mass is 10.7. The van der Waals surface area contributed by atoms with E-state index in [0.29, 0.717) is 0 Å². The summed E-state index contributed by atoms with van der Waals surface area (Å²) in [5.74, 6) is -2.76. The van der Waals surface area contributed by atoms with Crippen LogP contribution in [0, 0.1) is 0 Å². The molecule has 0 aliphatic rings. The molecule has 0 fully saturated rings. The Bertz CT molecular complexity index is 148. The smallest absolute Gasteiger partial charge is 0.475 e. The van der Waals surface area contributed by atoms with E-state index >= 15 is 0 Å². The zero-order valence-corrected chi connectivity index (χ0v) is 5.63. The highest BCUT2D eigenvalue weighted by atomic mass is 31.1. The second-order valence-corrected chi connectivity index (χ2v) is 1.56. The van der Waals surface area contributed by atoms with Crippen molar-refractivity contribution < 1.29 is 37.4 Å². The highest BCUT2D eigenvalue weighted by Crippen LogP contribution is 2.13. The van der Waals surface area contributed by atoms with Crippen LogP contribution in [-0.4, -0.2) is 27.0 Å².